The second kappa shape index (κ2) is 4.17. The molecule has 76 valence electrons. The summed E-state index contributed by atoms with van der Waals surface area (Å²) in [6.07, 6.45) is 0.676. The van der Waals surface area contributed by atoms with E-state index < -0.39 is 12.5 Å². The van der Waals surface area contributed by atoms with Gasteiger partial charge in [-0.25, -0.2) is 8.78 Å². The van der Waals surface area contributed by atoms with Crippen LogP contribution in [0.4, 0.5) is 14.5 Å². The summed E-state index contributed by atoms with van der Waals surface area (Å²) in [5.41, 5.74) is 0.991. The fraction of sp³-hybridized carbons (Fsp3) is 0.300. The molecule has 0 aliphatic rings. The van der Waals surface area contributed by atoms with E-state index in [4.69, 9.17) is 0 Å². The highest BCUT2D eigenvalue weighted by atomic mass is 19.3. The molecule has 0 aliphatic carbocycles. The van der Waals surface area contributed by atoms with Gasteiger partial charge in [-0.15, -0.1) is 0 Å². The first kappa shape index (κ1) is 10.6. The summed E-state index contributed by atoms with van der Waals surface area (Å²) < 4.78 is 24.9. The van der Waals surface area contributed by atoms with Crippen LogP contribution in [0.2, 0.25) is 0 Å². The number of hydrogen-bond acceptors (Lipinski definition) is 2. The summed E-state index contributed by atoms with van der Waals surface area (Å²) in [7, 11) is 0. The van der Waals surface area contributed by atoms with Crippen LogP contribution in [-0.4, -0.2) is 18.8 Å². The van der Waals surface area contributed by atoms with Crippen molar-refractivity contribution >= 4 is 12.0 Å². The number of nitrogens with one attached hydrogen (secondary N) is 1. The van der Waals surface area contributed by atoms with Gasteiger partial charge < -0.3 is 5.32 Å². The normalized spacial score (nSPS) is 11.1. The van der Waals surface area contributed by atoms with E-state index in [1.807, 2.05) is 0 Å². The lowest BCUT2D eigenvalue weighted by molar-refractivity contribution is 0.0368. The molecule has 2 nitrogen and oxygen atoms in total. The molecule has 0 bridgehead atoms. The molecular weight excluding hydrogens is 188 g/mol. The van der Waals surface area contributed by atoms with Crippen molar-refractivity contribution in [3.63, 3.8) is 0 Å². The van der Waals surface area contributed by atoms with Crippen LogP contribution in [0.15, 0.2) is 24.3 Å². The highest BCUT2D eigenvalue weighted by Gasteiger charge is 2.19. The number of halogens is 2. The lowest BCUT2D eigenvalue weighted by Gasteiger charge is -2.12. The van der Waals surface area contributed by atoms with Crippen molar-refractivity contribution in [2.45, 2.75) is 12.8 Å². The number of hydrogen-bond donors (Lipinski definition) is 1. The maximum absolute atomic E-state index is 12.5. The fourth-order valence-corrected chi connectivity index (χ4v) is 0.979. The predicted molar refractivity (Wildman–Crippen MR) is 50.9 cm³/mol. The van der Waals surface area contributed by atoms with E-state index in [0.717, 1.165) is 6.92 Å². The maximum atomic E-state index is 12.5. The third-order valence-electron chi connectivity index (χ3n) is 1.63. The summed E-state index contributed by atoms with van der Waals surface area (Å²) in [4.78, 5) is 10.4. The summed E-state index contributed by atoms with van der Waals surface area (Å²) in [6.45, 7) is 0.402. The molecule has 0 amide bonds. The monoisotopic (exact) mass is 199 g/mol. The fourth-order valence-electron chi connectivity index (χ4n) is 0.979. The van der Waals surface area contributed by atoms with Gasteiger partial charge in [0.1, 0.15) is 6.29 Å². The molecule has 1 aromatic carbocycles. The van der Waals surface area contributed by atoms with E-state index in [0.29, 0.717) is 17.5 Å². The zero-order valence-electron chi connectivity index (χ0n) is 7.76. The van der Waals surface area contributed by atoms with Gasteiger partial charge in [0.05, 0.1) is 6.54 Å². The van der Waals surface area contributed by atoms with Crippen molar-refractivity contribution in [3.05, 3.63) is 29.8 Å². The molecule has 0 heterocycles. The first-order valence-corrected chi connectivity index (χ1v) is 4.18. The number of anilines is 1. The van der Waals surface area contributed by atoms with Crippen LogP contribution in [0.25, 0.3) is 0 Å². The smallest absolute Gasteiger partial charge is 0.262 e. The molecule has 1 rings (SSSR count). The number of carbonyl (C=O) groups excluding carboxylic acids is 1. The zero-order valence-corrected chi connectivity index (χ0v) is 7.76. The van der Waals surface area contributed by atoms with Gasteiger partial charge in [0.2, 0.25) is 0 Å². The first-order valence-electron chi connectivity index (χ1n) is 4.18. The largest absolute Gasteiger partial charge is 0.379 e. The Bertz CT molecular complexity index is 320. The van der Waals surface area contributed by atoms with Crippen LogP contribution < -0.4 is 5.32 Å². The van der Waals surface area contributed by atoms with Crippen LogP contribution in [0.3, 0.4) is 0 Å². The van der Waals surface area contributed by atoms with Crippen molar-refractivity contribution in [1.82, 2.24) is 0 Å². The Morgan fingerprint density at radius 3 is 2.79 bits per heavy atom. The summed E-state index contributed by atoms with van der Waals surface area (Å²) in [5, 5.41) is 2.55. The molecule has 0 saturated carbocycles. The molecule has 0 radical (unpaired) electrons. The lowest BCUT2D eigenvalue weighted by atomic mass is 10.2. The number of benzene rings is 1. The van der Waals surface area contributed by atoms with Crippen molar-refractivity contribution in [3.8, 4) is 0 Å². The minimum atomic E-state index is -2.75. The molecule has 0 atom stereocenters. The van der Waals surface area contributed by atoms with E-state index in [-0.39, 0.29) is 0 Å². The third kappa shape index (κ3) is 3.51. The maximum Gasteiger partial charge on any atom is 0.262 e. The molecule has 0 fully saturated rings. The standard InChI is InChI=1S/C10H11F2NO/c1-10(11,12)7-13-9-4-2-3-8(5-9)6-14/h2-6,13H,7H2,1H3. The van der Waals surface area contributed by atoms with E-state index >= 15 is 0 Å². The van der Waals surface area contributed by atoms with Gasteiger partial charge in [0, 0.05) is 18.2 Å². The van der Waals surface area contributed by atoms with Crippen molar-refractivity contribution in [2.75, 3.05) is 11.9 Å². The van der Waals surface area contributed by atoms with Crippen LogP contribution in [0, 0.1) is 0 Å². The van der Waals surface area contributed by atoms with Gasteiger partial charge in [-0.05, 0) is 12.1 Å². The number of alkyl halides is 2. The number of aldehydes is 1. The third-order valence-corrected chi connectivity index (χ3v) is 1.63. The Hall–Kier alpha value is -1.45. The number of rotatable bonds is 4. The van der Waals surface area contributed by atoms with Crippen molar-refractivity contribution < 1.29 is 13.6 Å². The minimum Gasteiger partial charge on any atom is -0.379 e. The molecule has 0 spiro atoms. The van der Waals surface area contributed by atoms with E-state index in [9.17, 15) is 13.6 Å². The molecule has 0 aromatic heterocycles. The molecular formula is C10H11F2NO. The van der Waals surface area contributed by atoms with Crippen LogP contribution in [-0.2, 0) is 0 Å². The van der Waals surface area contributed by atoms with E-state index in [1.165, 1.54) is 6.07 Å². The average molecular weight is 199 g/mol. The highest BCUT2D eigenvalue weighted by Crippen LogP contribution is 2.14. The molecule has 1 N–H and O–H groups in total. The average Bonchev–Trinajstić information content (AvgIpc) is 2.14. The van der Waals surface area contributed by atoms with Gasteiger partial charge in [0.15, 0.2) is 0 Å². The van der Waals surface area contributed by atoms with Gasteiger partial charge in [-0.3, -0.25) is 4.79 Å². The van der Waals surface area contributed by atoms with Crippen molar-refractivity contribution in [1.29, 1.82) is 0 Å². The van der Waals surface area contributed by atoms with E-state index in [1.54, 1.807) is 18.2 Å². The van der Waals surface area contributed by atoms with Crippen molar-refractivity contribution in [2.24, 2.45) is 0 Å². The zero-order chi connectivity index (χ0) is 10.6. The summed E-state index contributed by atoms with van der Waals surface area (Å²) >= 11 is 0. The second-order valence-corrected chi connectivity index (χ2v) is 3.17. The Labute approximate surface area is 80.9 Å². The quantitative estimate of drug-likeness (QED) is 0.755. The molecule has 0 aliphatic heterocycles. The second-order valence-electron chi connectivity index (χ2n) is 3.17. The molecule has 4 heteroatoms. The Kier molecular flexibility index (Phi) is 3.17. The SMILES string of the molecule is CC(F)(F)CNc1cccc(C=O)c1. The highest BCUT2D eigenvalue weighted by molar-refractivity contribution is 5.76. The first-order chi connectivity index (χ1) is 6.51. The van der Waals surface area contributed by atoms with Gasteiger partial charge in [0.25, 0.3) is 5.92 Å². The Morgan fingerprint density at radius 1 is 1.50 bits per heavy atom. The molecule has 1 aromatic rings. The van der Waals surface area contributed by atoms with Crippen LogP contribution in [0.1, 0.15) is 17.3 Å². The minimum absolute atomic E-state index is 0.435. The number of carbonyl (C=O) groups is 1. The van der Waals surface area contributed by atoms with Gasteiger partial charge in [-0.2, -0.15) is 0 Å². The van der Waals surface area contributed by atoms with Gasteiger partial charge >= 0.3 is 0 Å². The Balaban J connectivity index is 2.63. The van der Waals surface area contributed by atoms with Gasteiger partial charge in [-0.1, -0.05) is 12.1 Å². The van der Waals surface area contributed by atoms with E-state index in [2.05, 4.69) is 5.32 Å². The molecule has 0 unspecified atom stereocenters. The molecule has 0 saturated heterocycles. The molecule has 14 heavy (non-hydrogen) atoms. The lowest BCUT2D eigenvalue weighted by Crippen LogP contribution is -2.22. The van der Waals surface area contributed by atoms with Crippen LogP contribution in [0.5, 0.6) is 0 Å². The van der Waals surface area contributed by atoms with Crippen LogP contribution >= 0.6 is 0 Å². The topological polar surface area (TPSA) is 29.1 Å². The summed E-state index contributed by atoms with van der Waals surface area (Å²) in [6, 6.07) is 6.42. The summed E-state index contributed by atoms with van der Waals surface area (Å²) in [5.74, 6) is -2.75. The Morgan fingerprint density at radius 2 is 2.21 bits per heavy atom. The predicted octanol–water partition coefficient (Wildman–Crippen LogP) is 2.57.